The molecule has 0 aromatic carbocycles. The molecule has 0 atom stereocenters. The summed E-state index contributed by atoms with van der Waals surface area (Å²) in [5.41, 5.74) is 2.22. The molecule has 0 aromatic heterocycles. The van der Waals surface area contributed by atoms with Gasteiger partial charge in [0.25, 0.3) is 0 Å². The molecule has 0 heterocycles. The maximum Gasteiger partial charge on any atom is 0.389 e. The highest BCUT2D eigenvalue weighted by atomic mass is 16.5. The lowest BCUT2D eigenvalue weighted by Gasteiger charge is -1.82. The zero-order valence-electron chi connectivity index (χ0n) is 4.18. The van der Waals surface area contributed by atoms with Gasteiger partial charge in [-0.3, -0.25) is 0 Å². The Bertz CT molecular complexity index is 167. The molecule has 0 bridgehead atoms. The molecule has 0 aromatic rings. The number of ether oxygens (including phenoxy) is 1. The average Bonchev–Trinajstić information content (AvgIpc) is 1.83. The monoisotopic (exact) mass is 108 g/mol. The summed E-state index contributed by atoms with van der Waals surface area (Å²) in [6.07, 6.45) is 5.62. The number of terminal acetylenes is 1. The Balaban J connectivity index is 3.60. The topological polar surface area (TPSA) is 26.3 Å². The molecule has 0 fully saturated rings. The summed E-state index contributed by atoms with van der Waals surface area (Å²) in [4.78, 5) is 10.0. The van der Waals surface area contributed by atoms with E-state index >= 15 is 0 Å². The first kappa shape index (κ1) is 6.55. The van der Waals surface area contributed by atoms with Crippen molar-refractivity contribution in [2.75, 3.05) is 0 Å². The van der Waals surface area contributed by atoms with Gasteiger partial charge in [-0.15, -0.1) is 6.42 Å². The standard InChI is InChI=1S/C6H4O2/c1-3-5-8-6(7)4-2/h2,5H,1H2. The fraction of sp³-hybridized carbons (Fsp3) is 0. The lowest BCUT2D eigenvalue weighted by Crippen LogP contribution is -1.91. The van der Waals surface area contributed by atoms with Gasteiger partial charge in [0.05, 0.1) is 0 Å². The maximum absolute atomic E-state index is 10.0. The van der Waals surface area contributed by atoms with Crippen molar-refractivity contribution in [1.82, 2.24) is 0 Å². The Kier molecular flexibility index (Phi) is 3.05. The molecule has 0 aliphatic heterocycles. The quantitative estimate of drug-likeness (QED) is 0.160. The van der Waals surface area contributed by atoms with Crippen molar-refractivity contribution in [2.24, 2.45) is 0 Å². The van der Waals surface area contributed by atoms with E-state index in [0.29, 0.717) is 0 Å². The van der Waals surface area contributed by atoms with Crippen LogP contribution >= 0.6 is 0 Å². The Morgan fingerprint density at radius 1 is 1.88 bits per heavy atom. The van der Waals surface area contributed by atoms with Gasteiger partial charge in [-0.25, -0.2) is 4.79 Å². The van der Waals surface area contributed by atoms with Crippen LogP contribution in [0.5, 0.6) is 0 Å². The van der Waals surface area contributed by atoms with Crippen LogP contribution in [-0.4, -0.2) is 5.97 Å². The third kappa shape index (κ3) is 2.77. The Hall–Kier alpha value is -1.45. The Morgan fingerprint density at radius 3 is 2.88 bits per heavy atom. The van der Waals surface area contributed by atoms with Crippen LogP contribution in [0.1, 0.15) is 0 Å². The lowest BCUT2D eigenvalue weighted by molar-refractivity contribution is -0.131. The van der Waals surface area contributed by atoms with Gasteiger partial charge in [0.1, 0.15) is 6.26 Å². The van der Waals surface area contributed by atoms with Gasteiger partial charge >= 0.3 is 5.97 Å². The molecule has 0 radical (unpaired) electrons. The zero-order valence-corrected chi connectivity index (χ0v) is 4.18. The summed E-state index contributed by atoms with van der Waals surface area (Å²) in [6.45, 7) is 3.14. The molecule has 0 saturated carbocycles. The molecular weight excluding hydrogens is 104 g/mol. The van der Waals surface area contributed by atoms with Gasteiger partial charge in [0.15, 0.2) is 0 Å². The van der Waals surface area contributed by atoms with Gasteiger partial charge in [-0.2, -0.15) is 0 Å². The predicted octanol–water partition coefficient (Wildman–Crippen LogP) is 0.461. The minimum absolute atomic E-state index is 0.735. The lowest BCUT2D eigenvalue weighted by atomic mass is 10.7. The van der Waals surface area contributed by atoms with Gasteiger partial charge < -0.3 is 4.74 Å². The maximum atomic E-state index is 10.0. The average molecular weight is 108 g/mol. The van der Waals surface area contributed by atoms with Crippen LogP contribution in [0.4, 0.5) is 0 Å². The van der Waals surface area contributed by atoms with Gasteiger partial charge in [0, 0.05) is 5.92 Å². The molecule has 0 N–H and O–H groups in total. The number of esters is 1. The Morgan fingerprint density at radius 2 is 2.50 bits per heavy atom. The minimum Gasteiger partial charge on any atom is -0.416 e. The molecule has 0 aliphatic rings. The number of hydrogen-bond acceptors (Lipinski definition) is 2. The molecule has 2 nitrogen and oxygen atoms in total. The first-order valence-electron chi connectivity index (χ1n) is 1.82. The third-order valence-electron chi connectivity index (χ3n) is 0.367. The second kappa shape index (κ2) is 3.73. The van der Waals surface area contributed by atoms with E-state index in [0.717, 1.165) is 6.26 Å². The number of carbonyl (C=O) groups excluding carboxylic acids is 1. The van der Waals surface area contributed by atoms with Gasteiger partial charge in [-0.1, -0.05) is 12.3 Å². The summed E-state index contributed by atoms with van der Waals surface area (Å²) < 4.78 is 4.17. The highest BCUT2D eigenvalue weighted by molar-refractivity contribution is 5.87. The van der Waals surface area contributed by atoms with Crippen molar-refractivity contribution in [3.63, 3.8) is 0 Å². The van der Waals surface area contributed by atoms with Crippen LogP contribution in [0.3, 0.4) is 0 Å². The minimum atomic E-state index is -0.735. The van der Waals surface area contributed by atoms with E-state index in [1.807, 2.05) is 0 Å². The van der Waals surface area contributed by atoms with Crippen molar-refractivity contribution >= 4 is 5.97 Å². The van der Waals surface area contributed by atoms with E-state index in [1.165, 1.54) is 0 Å². The highest BCUT2D eigenvalue weighted by Gasteiger charge is 1.86. The molecule has 0 unspecified atom stereocenters. The normalized spacial score (nSPS) is 5.88. The summed E-state index contributed by atoms with van der Waals surface area (Å²) in [5.74, 6) is 1.00. The van der Waals surface area contributed by atoms with E-state index < -0.39 is 5.97 Å². The SMILES string of the molecule is C#CC(=O)OC=C=C. The van der Waals surface area contributed by atoms with E-state index in [9.17, 15) is 4.79 Å². The van der Waals surface area contributed by atoms with E-state index in [4.69, 9.17) is 0 Å². The van der Waals surface area contributed by atoms with E-state index in [2.05, 4.69) is 23.5 Å². The number of hydrogen-bond donors (Lipinski definition) is 0. The summed E-state index contributed by atoms with van der Waals surface area (Å²) in [6, 6.07) is 0. The molecule has 0 rings (SSSR count). The second-order valence-electron chi connectivity index (χ2n) is 0.872. The highest BCUT2D eigenvalue weighted by Crippen LogP contribution is 1.72. The van der Waals surface area contributed by atoms with Crippen LogP contribution in [0, 0.1) is 12.3 Å². The fourth-order valence-electron chi connectivity index (χ4n) is 0.129. The molecule has 0 amide bonds. The van der Waals surface area contributed by atoms with Crippen molar-refractivity contribution < 1.29 is 9.53 Å². The summed E-state index contributed by atoms with van der Waals surface area (Å²) in [5, 5.41) is 0. The molecule has 0 spiro atoms. The van der Waals surface area contributed by atoms with Crippen molar-refractivity contribution in [2.45, 2.75) is 0 Å². The molecule has 0 aliphatic carbocycles. The first-order valence-corrected chi connectivity index (χ1v) is 1.82. The van der Waals surface area contributed by atoms with Crippen molar-refractivity contribution in [1.29, 1.82) is 0 Å². The van der Waals surface area contributed by atoms with Crippen molar-refractivity contribution in [3.05, 3.63) is 18.6 Å². The van der Waals surface area contributed by atoms with Crippen LogP contribution in [-0.2, 0) is 9.53 Å². The van der Waals surface area contributed by atoms with Gasteiger partial charge in [-0.05, 0) is 0 Å². The third-order valence-corrected chi connectivity index (χ3v) is 0.367. The van der Waals surface area contributed by atoms with Crippen molar-refractivity contribution in [3.8, 4) is 12.3 Å². The molecule has 2 heteroatoms. The second-order valence-corrected chi connectivity index (χ2v) is 0.872. The van der Waals surface area contributed by atoms with Gasteiger partial charge in [0.2, 0.25) is 0 Å². The summed E-state index contributed by atoms with van der Waals surface area (Å²) in [7, 11) is 0. The Labute approximate surface area is 47.5 Å². The van der Waals surface area contributed by atoms with E-state index in [-0.39, 0.29) is 0 Å². The van der Waals surface area contributed by atoms with Crippen LogP contribution < -0.4 is 0 Å². The predicted molar refractivity (Wildman–Crippen MR) is 28.6 cm³/mol. The molecule has 0 saturated heterocycles. The number of rotatable bonds is 1. The summed E-state index contributed by atoms with van der Waals surface area (Å²) >= 11 is 0. The van der Waals surface area contributed by atoms with Crippen LogP contribution in [0.2, 0.25) is 0 Å². The molecular formula is C6H4O2. The molecule has 8 heavy (non-hydrogen) atoms. The number of carbonyl (C=O) groups is 1. The smallest absolute Gasteiger partial charge is 0.389 e. The fourth-order valence-corrected chi connectivity index (χ4v) is 0.129. The first-order chi connectivity index (χ1) is 3.81. The zero-order chi connectivity index (χ0) is 6.41. The largest absolute Gasteiger partial charge is 0.416 e. The van der Waals surface area contributed by atoms with Crippen LogP contribution in [0.25, 0.3) is 0 Å². The van der Waals surface area contributed by atoms with E-state index in [1.54, 1.807) is 5.92 Å². The van der Waals surface area contributed by atoms with Crippen LogP contribution in [0.15, 0.2) is 18.6 Å². The molecule has 40 valence electrons.